The third-order valence-electron chi connectivity index (χ3n) is 4.65. The van der Waals surface area contributed by atoms with Gasteiger partial charge in [-0.25, -0.2) is 0 Å². The summed E-state index contributed by atoms with van der Waals surface area (Å²) in [5.74, 6) is -0.824. The fourth-order valence-corrected chi connectivity index (χ4v) is 3.78. The van der Waals surface area contributed by atoms with Crippen molar-refractivity contribution < 1.29 is 19.1 Å². The Balaban J connectivity index is 1.85. The van der Waals surface area contributed by atoms with Gasteiger partial charge in [0.25, 0.3) is 0 Å². The van der Waals surface area contributed by atoms with Gasteiger partial charge in [0.2, 0.25) is 0 Å². The van der Waals surface area contributed by atoms with Crippen LogP contribution in [-0.4, -0.2) is 31.1 Å². The molecule has 3 rings (SSSR count). The average Bonchev–Trinajstić information content (AvgIpc) is 3.02. The Morgan fingerprint density at radius 2 is 1.64 bits per heavy atom. The van der Waals surface area contributed by atoms with Gasteiger partial charge < -0.3 is 9.47 Å². The number of carbonyl (C=O) groups excluding carboxylic acids is 2. The van der Waals surface area contributed by atoms with Crippen molar-refractivity contribution in [2.24, 2.45) is 5.92 Å². The van der Waals surface area contributed by atoms with E-state index < -0.39 is 5.92 Å². The number of ketones is 2. The molecule has 0 N–H and O–H groups in total. The van der Waals surface area contributed by atoms with Gasteiger partial charge in [-0.1, -0.05) is 17.7 Å². The van der Waals surface area contributed by atoms with Crippen LogP contribution in [0.4, 0.5) is 0 Å². The maximum absolute atomic E-state index is 12.8. The SMILES string of the molecule is Cc1cc(C)c(C2C(=O)CC(CC3OCCO3)C2=O)c(C)c1. The van der Waals surface area contributed by atoms with Crippen LogP contribution in [0.15, 0.2) is 12.1 Å². The molecule has 2 fully saturated rings. The van der Waals surface area contributed by atoms with E-state index in [0.717, 1.165) is 22.3 Å². The van der Waals surface area contributed by atoms with Gasteiger partial charge in [-0.2, -0.15) is 0 Å². The number of rotatable bonds is 3. The summed E-state index contributed by atoms with van der Waals surface area (Å²) in [6.07, 6.45) is 0.463. The van der Waals surface area contributed by atoms with Gasteiger partial charge in [-0.3, -0.25) is 9.59 Å². The lowest BCUT2D eigenvalue weighted by atomic mass is 9.86. The molecule has 0 spiro atoms. The number of hydrogen-bond acceptors (Lipinski definition) is 4. The summed E-state index contributed by atoms with van der Waals surface area (Å²) in [4.78, 5) is 25.2. The van der Waals surface area contributed by atoms with E-state index in [1.54, 1.807) is 0 Å². The molecule has 0 bridgehead atoms. The van der Waals surface area contributed by atoms with E-state index in [4.69, 9.17) is 9.47 Å². The Morgan fingerprint density at radius 3 is 2.23 bits per heavy atom. The number of carbonyl (C=O) groups is 2. The van der Waals surface area contributed by atoms with E-state index in [1.165, 1.54) is 0 Å². The minimum atomic E-state index is -0.605. The molecule has 1 heterocycles. The lowest BCUT2D eigenvalue weighted by Crippen LogP contribution is -2.21. The quantitative estimate of drug-likeness (QED) is 0.805. The standard InChI is InChI=1S/C18H22O4/c1-10-6-11(2)16(12(3)7-10)17-14(19)8-13(18(17)20)9-15-21-4-5-22-15/h6-7,13,15,17H,4-5,8-9H2,1-3H3. The van der Waals surface area contributed by atoms with E-state index in [2.05, 4.69) is 0 Å². The van der Waals surface area contributed by atoms with Crippen molar-refractivity contribution in [3.05, 3.63) is 34.4 Å². The van der Waals surface area contributed by atoms with Crippen LogP contribution in [0.25, 0.3) is 0 Å². The number of hydrogen-bond donors (Lipinski definition) is 0. The Hall–Kier alpha value is -1.52. The van der Waals surface area contributed by atoms with Crippen molar-refractivity contribution >= 4 is 11.6 Å². The van der Waals surface area contributed by atoms with Crippen molar-refractivity contribution in [3.8, 4) is 0 Å². The summed E-state index contributed by atoms with van der Waals surface area (Å²) in [5.41, 5.74) is 4.11. The first-order valence-electron chi connectivity index (χ1n) is 7.84. The smallest absolute Gasteiger partial charge is 0.158 e. The lowest BCUT2D eigenvalue weighted by molar-refractivity contribution is -0.126. The minimum absolute atomic E-state index is 0.0270. The van der Waals surface area contributed by atoms with Gasteiger partial charge in [-0.15, -0.1) is 0 Å². The van der Waals surface area contributed by atoms with Crippen LogP contribution in [0, 0.1) is 26.7 Å². The van der Waals surface area contributed by atoms with E-state index in [-0.39, 0.29) is 23.8 Å². The normalized spacial score (nSPS) is 26.1. The summed E-state index contributed by atoms with van der Waals surface area (Å²) < 4.78 is 10.8. The molecule has 0 radical (unpaired) electrons. The molecule has 2 atom stereocenters. The van der Waals surface area contributed by atoms with Crippen LogP contribution < -0.4 is 0 Å². The second-order valence-corrected chi connectivity index (χ2v) is 6.42. The van der Waals surface area contributed by atoms with Crippen LogP contribution in [0.5, 0.6) is 0 Å². The van der Waals surface area contributed by atoms with Crippen molar-refractivity contribution in [2.45, 2.75) is 45.8 Å². The summed E-state index contributed by atoms with van der Waals surface area (Å²) >= 11 is 0. The second kappa shape index (κ2) is 5.94. The zero-order valence-electron chi connectivity index (χ0n) is 13.3. The maximum Gasteiger partial charge on any atom is 0.158 e. The van der Waals surface area contributed by atoms with Gasteiger partial charge in [0.15, 0.2) is 12.1 Å². The molecule has 1 saturated heterocycles. The molecule has 1 saturated carbocycles. The first-order chi connectivity index (χ1) is 10.5. The number of aryl methyl sites for hydroxylation is 3. The summed E-state index contributed by atoms with van der Waals surface area (Å²) in [6, 6.07) is 4.08. The summed E-state index contributed by atoms with van der Waals surface area (Å²) in [7, 11) is 0. The highest BCUT2D eigenvalue weighted by Gasteiger charge is 2.44. The molecular weight excluding hydrogens is 280 g/mol. The average molecular weight is 302 g/mol. The molecule has 4 heteroatoms. The summed E-state index contributed by atoms with van der Waals surface area (Å²) in [6.45, 7) is 7.12. The third kappa shape index (κ3) is 2.73. The van der Waals surface area contributed by atoms with Crippen molar-refractivity contribution in [2.75, 3.05) is 13.2 Å². The van der Waals surface area contributed by atoms with E-state index in [9.17, 15) is 9.59 Å². The first-order valence-corrected chi connectivity index (χ1v) is 7.84. The monoisotopic (exact) mass is 302 g/mol. The minimum Gasteiger partial charge on any atom is -0.350 e. The van der Waals surface area contributed by atoms with Crippen LogP contribution in [0.1, 0.15) is 41.0 Å². The van der Waals surface area contributed by atoms with Crippen molar-refractivity contribution in [3.63, 3.8) is 0 Å². The summed E-state index contributed by atoms with van der Waals surface area (Å²) in [5, 5.41) is 0. The molecule has 1 aromatic rings. The predicted molar refractivity (Wildman–Crippen MR) is 81.8 cm³/mol. The molecule has 2 unspecified atom stereocenters. The van der Waals surface area contributed by atoms with Crippen molar-refractivity contribution in [1.82, 2.24) is 0 Å². The highest BCUT2D eigenvalue weighted by atomic mass is 16.7. The Labute approximate surface area is 130 Å². The zero-order valence-corrected chi connectivity index (χ0v) is 13.3. The van der Waals surface area contributed by atoms with E-state index >= 15 is 0 Å². The van der Waals surface area contributed by atoms with Gasteiger partial charge in [0.1, 0.15) is 11.7 Å². The first kappa shape index (κ1) is 15.4. The Bertz CT molecular complexity index is 591. The fourth-order valence-electron chi connectivity index (χ4n) is 3.78. The topological polar surface area (TPSA) is 52.6 Å². The van der Waals surface area contributed by atoms with Gasteiger partial charge in [0, 0.05) is 18.8 Å². The fraction of sp³-hybridized carbons (Fsp3) is 0.556. The molecule has 2 aliphatic rings. The van der Waals surface area contributed by atoms with Crippen LogP contribution in [0.2, 0.25) is 0 Å². The Kier molecular flexibility index (Phi) is 4.15. The van der Waals surface area contributed by atoms with E-state index in [0.29, 0.717) is 26.1 Å². The van der Waals surface area contributed by atoms with Crippen LogP contribution in [0.3, 0.4) is 0 Å². The second-order valence-electron chi connectivity index (χ2n) is 6.42. The largest absolute Gasteiger partial charge is 0.350 e. The molecule has 1 aliphatic heterocycles. The van der Waals surface area contributed by atoms with Gasteiger partial charge >= 0.3 is 0 Å². The molecule has 1 aliphatic carbocycles. The van der Waals surface area contributed by atoms with Crippen LogP contribution >= 0.6 is 0 Å². The molecule has 22 heavy (non-hydrogen) atoms. The Morgan fingerprint density at radius 1 is 1.05 bits per heavy atom. The van der Waals surface area contributed by atoms with Crippen molar-refractivity contribution in [1.29, 1.82) is 0 Å². The lowest BCUT2D eigenvalue weighted by Gasteiger charge is -2.17. The van der Waals surface area contributed by atoms with E-state index in [1.807, 2.05) is 32.9 Å². The molecule has 1 aromatic carbocycles. The van der Waals surface area contributed by atoms with Crippen LogP contribution in [-0.2, 0) is 19.1 Å². The number of Topliss-reactive ketones (excluding diaryl/α,β-unsaturated/α-hetero) is 2. The van der Waals surface area contributed by atoms with Gasteiger partial charge in [-0.05, 0) is 37.5 Å². The predicted octanol–water partition coefficient (Wildman–Crippen LogP) is 2.62. The highest BCUT2D eigenvalue weighted by Crippen LogP contribution is 2.38. The number of ether oxygens (including phenoxy) is 2. The maximum atomic E-state index is 12.8. The zero-order chi connectivity index (χ0) is 15.9. The molecule has 0 amide bonds. The highest BCUT2D eigenvalue weighted by molar-refractivity contribution is 6.15. The molecular formula is C18H22O4. The molecule has 0 aromatic heterocycles. The molecule has 4 nitrogen and oxygen atoms in total. The molecule has 118 valence electrons. The van der Waals surface area contributed by atoms with Gasteiger partial charge in [0.05, 0.1) is 13.2 Å². The number of benzene rings is 1. The third-order valence-corrected chi connectivity index (χ3v) is 4.65.